The van der Waals surface area contributed by atoms with Crippen molar-refractivity contribution < 1.29 is 0 Å². The Morgan fingerprint density at radius 2 is 2.05 bits per heavy atom. The topological polar surface area (TPSA) is 56.7 Å². The first-order chi connectivity index (χ1) is 9.08. The second-order valence-electron chi connectivity index (χ2n) is 3.87. The third-order valence-electron chi connectivity index (χ3n) is 2.66. The van der Waals surface area contributed by atoms with Crippen LogP contribution in [-0.4, -0.2) is 14.5 Å². The first-order valence-electron chi connectivity index (χ1n) is 5.32. The summed E-state index contributed by atoms with van der Waals surface area (Å²) in [5.41, 5.74) is 8.20. The molecule has 2 N–H and O–H groups in total. The van der Waals surface area contributed by atoms with Crippen molar-refractivity contribution in [1.29, 1.82) is 0 Å². The van der Waals surface area contributed by atoms with Crippen molar-refractivity contribution in [3.05, 3.63) is 44.4 Å². The molecule has 4 nitrogen and oxygen atoms in total. The first-order valence-corrected chi connectivity index (χ1v) is 7.28. The summed E-state index contributed by atoms with van der Waals surface area (Å²) in [6, 6.07) is 7.42. The Kier molecular flexibility index (Phi) is 3.24. The van der Waals surface area contributed by atoms with Gasteiger partial charge in [-0.2, -0.15) is 0 Å². The van der Waals surface area contributed by atoms with Gasteiger partial charge in [-0.05, 0) is 50.1 Å². The van der Waals surface area contributed by atoms with Gasteiger partial charge in [-0.25, -0.2) is 9.97 Å². The van der Waals surface area contributed by atoms with Crippen molar-refractivity contribution >= 4 is 60.6 Å². The van der Waals surface area contributed by atoms with E-state index in [0.29, 0.717) is 16.6 Å². The van der Waals surface area contributed by atoms with Crippen molar-refractivity contribution in [2.24, 2.45) is 0 Å². The van der Waals surface area contributed by atoms with E-state index in [1.165, 1.54) is 0 Å². The van der Waals surface area contributed by atoms with E-state index < -0.39 is 0 Å². The number of nitrogen functional groups attached to an aromatic ring is 1. The number of nitrogens with two attached hydrogens (primary N) is 1. The molecule has 2 aromatic heterocycles. The molecule has 0 unspecified atom stereocenters. The van der Waals surface area contributed by atoms with E-state index in [-0.39, 0.29) is 0 Å². The SMILES string of the molecule is Nc1nc2cc(Br)cnc2n1-c1cccc(Cl)c1Br. The largest absolute Gasteiger partial charge is 0.369 e. The van der Waals surface area contributed by atoms with Gasteiger partial charge in [0.1, 0.15) is 5.52 Å². The lowest BCUT2D eigenvalue weighted by molar-refractivity contribution is 1.08. The molecule has 0 aliphatic carbocycles. The molecule has 1 aromatic carbocycles. The molecular formula is C12H7Br2ClN4. The zero-order valence-electron chi connectivity index (χ0n) is 9.44. The maximum absolute atomic E-state index is 6.11. The quantitative estimate of drug-likeness (QED) is 0.664. The van der Waals surface area contributed by atoms with Crippen molar-refractivity contribution in [3.63, 3.8) is 0 Å². The van der Waals surface area contributed by atoms with Crippen LogP contribution in [0, 0.1) is 0 Å². The molecule has 0 saturated carbocycles. The highest BCUT2D eigenvalue weighted by molar-refractivity contribution is 9.11. The van der Waals surface area contributed by atoms with Crippen LogP contribution in [0.4, 0.5) is 5.95 Å². The molecule has 0 fully saturated rings. The number of hydrogen-bond donors (Lipinski definition) is 1. The average molecular weight is 402 g/mol. The van der Waals surface area contributed by atoms with E-state index in [1.807, 2.05) is 18.2 Å². The molecule has 0 bridgehead atoms. The van der Waals surface area contributed by atoms with Gasteiger partial charge in [0.05, 0.1) is 15.2 Å². The number of imidazole rings is 1. The summed E-state index contributed by atoms with van der Waals surface area (Å²) in [6.07, 6.45) is 1.71. The number of anilines is 1. The smallest absolute Gasteiger partial charge is 0.207 e. The number of hydrogen-bond acceptors (Lipinski definition) is 3. The van der Waals surface area contributed by atoms with Gasteiger partial charge in [-0.15, -0.1) is 0 Å². The number of halogens is 3. The van der Waals surface area contributed by atoms with E-state index >= 15 is 0 Å². The van der Waals surface area contributed by atoms with Crippen LogP contribution in [-0.2, 0) is 0 Å². The van der Waals surface area contributed by atoms with Crippen molar-refractivity contribution in [2.45, 2.75) is 0 Å². The van der Waals surface area contributed by atoms with Crippen LogP contribution in [0.1, 0.15) is 0 Å². The second-order valence-corrected chi connectivity index (χ2v) is 5.99. The number of pyridine rings is 1. The fraction of sp³-hybridized carbons (Fsp3) is 0. The molecule has 0 radical (unpaired) electrons. The fourth-order valence-corrected chi connectivity index (χ4v) is 2.79. The molecule has 19 heavy (non-hydrogen) atoms. The summed E-state index contributed by atoms with van der Waals surface area (Å²) in [4.78, 5) is 8.66. The Labute approximate surface area is 130 Å². The van der Waals surface area contributed by atoms with Gasteiger partial charge >= 0.3 is 0 Å². The minimum Gasteiger partial charge on any atom is -0.369 e. The predicted molar refractivity (Wildman–Crippen MR) is 83.7 cm³/mol. The van der Waals surface area contributed by atoms with Crippen LogP contribution in [0.2, 0.25) is 5.02 Å². The molecule has 0 saturated heterocycles. The van der Waals surface area contributed by atoms with E-state index in [0.717, 1.165) is 20.1 Å². The van der Waals surface area contributed by atoms with Gasteiger partial charge in [-0.3, -0.25) is 4.57 Å². The monoisotopic (exact) mass is 400 g/mol. The summed E-state index contributed by atoms with van der Waals surface area (Å²) >= 11 is 12.9. The molecule has 0 spiro atoms. The summed E-state index contributed by atoms with van der Waals surface area (Å²) in [5, 5.41) is 0.607. The van der Waals surface area contributed by atoms with E-state index in [9.17, 15) is 0 Å². The van der Waals surface area contributed by atoms with E-state index in [1.54, 1.807) is 16.8 Å². The second kappa shape index (κ2) is 4.77. The summed E-state index contributed by atoms with van der Waals surface area (Å²) in [5.74, 6) is 0.364. The Hall–Kier alpha value is -1.11. The Bertz CT molecular complexity index is 785. The summed E-state index contributed by atoms with van der Waals surface area (Å²) in [7, 11) is 0. The minimum absolute atomic E-state index is 0.364. The molecule has 3 aromatic rings. The van der Waals surface area contributed by atoms with Gasteiger partial charge in [-0.1, -0.05) is 17.7 Å². The molecular weight excluding hydrogens is 395 g/mol. The predicted octanol–water partition coefficient (Wildman–Crippen LogP) is 4.18. The fourth-order valence-electron chi connectivity index (χ4n) is 1.86. The van der Waals surface area contributed by atoms with Gasteiger partial charge in [0.15, 0.2) is 5.65 Å². The Morgan fingerprint density at radius 1 is 1.26 bits per heavy atom. The molecule has 0 atom stereocenters. The van der Waals surface area contributed by atoms with Crippen molar-refractivity contribution in [1.82, 2.24) is 14.5 Å². The van der Waals surface area contributed by atoms with Crippen molar-refractivity contribution in [3.8, 4) is 5.69 Å². The lowest BCUT2D eigenvalue weighted by Crippen LogP contribution is -2.02. The number of aromatic nitrogens is 3. The summed E-state index contributed by atoms with van der Waals surface area (Å²) in [6.45, 7) is 0. The van der Waals surface area contributed by atoms with Crippen LogP contribution in [0.5, 0.6) is 0 Å². The van der Waals surface area contributed by atoms with Gasteiger partial charge in [0, 0.05) is 10.7 Å². The molecule has 0 aliphatic heterocycles. The lowest BCUT2D eigenvalue weighted by atomic mass is 10.3. The zero-order chi connectivity index (χ0) is 13.6. The molecule has 96 valence electrons. The zero-order valence-corrected chi connectivity index (χ0v) is 13.4. The molecule has 2 heterocycles. The highest BCUT2D eigenvalue weighted by atomic mass is 79.9. The maximum atomic E-state index is 6.11. The highest BCUT2D eigenvalue weighted by Gasteiger charge is 2.15. The van der Waals surface area contributed by atoms with Crippen LogP contribution in [0.25, 0.3) is 16.9 Å². The molecule has 3 rings (SSSR count). The molecule has 0 aliphatic rings. The number of benzene rings is 1. The third kappa shape index (κ3) is 2.13. The number of nitrogens with zero attached hydrogens (tertiary/aromatic N) is 3. The van der Waals surface area contributed by atoms with E-state index in [4.69, 9.17) is 17.3 Å². The first kappa shape index (κ1) is 12.9. The third-order valence-corrected chi connectivity index (χ3v) is 4.47. The van der Waals surface area contributed by atoms with Gasteiger partial charge in [0.25, 0.3) is 0 Å². The minimum atomic E-state index is 0.364. The Balaban J connectivity index is 2.36. The lowest BCUT2D eigenvalue weighted by Gasteiger charge is -2.09. The van der Waals surface area contributed by atoms with Gasteiger partial charge in [0.2, 0.25) is 5.95 Å². The average Bonchev–Trinajstić information content (AvgIpc) is 2.68. The van der Waals surface area contributed by atoms with Crippen LogP contribution < -0.4 is 5.73 Å². The van der Waals surface area contributed by atoms with Crippen LogP contribution in [0.3, 0.4) is 0 Å². The number of rotatable bonds is 1. The van der Waals surface area contributed by atoms with Gasteiger partial charge < -0.3 is 5.73 Å². The number of fused-ring (bicyclic) bond motifs is 1. The molecule has 7 heteroatoms. The molecule has 0 amide bonds. The van der Waals surface area contributed by atoms with E-state index in [2.05, 4.69) is 41.8 Å². The van der Waals surface area contributed by atoms with Crippen LogP contribution in [0.15, 0.2) is 39.4 Å². The Morgan fingerprint density at radius 3 is 2.84 bits per heavy atom. The standard InChI is InChI=1S/C12H7Br2ClN4/c13-6-4-8-11(17-5-6)19(12(16)18-8)9-3-1-2-7(15)10(9)14/h1-5H,(H2,16,18). The highest BCUT2D eigenvalue weighted by Crippen LogP contribution is 2.32. The van der Waals surface area contributed by atoms with Crippen LogP contribution >= 0.6 is 43.5 Å². The van der Waals surface area contributed by atoms with Crippen molar-refractivity contribution in [2.75, 3.05) is 5.73 Å². The maximum Gasteiger partial charge on any atom is 0.207 e. The summed E-state index contributed by atoms with van der Waals surface area (Å²) < 4.78 is 3.37. The normalized spacial score (nSPS) is 11.1.